The average Bonchev–Trinajstić information content (AvgIpc) is 3.37. The number of esters is 1. The lowest BCUT2D eigenvalue weighted by Gasteiger charge is -2.08. The smallest absolute Gasteiger partial charge is 0.343 e. The van der Waals surface area contributed by atoms with Gasteiger partial charge in [0, 0.05) is 22.0 Å². The number of aromatic nitrogens is 1. The van der Waals surface area contributed by atoms with Crippen LogP contribution in [0.15, 0.2) is 102 Å². The molecule has 200 valence electrons. The van der Waals surface area contributed by atoms with Gasteiger partial charge in [-0.2, -0.15) is 5.10 Å². The molecule has 0 atom stereocenters. The number of benzene rings is 4. The maximum atomic E-state index is 13.3. The van der Waals surface area contributed by atoms with E-state index in [4.69, 9.17) is 14.2 Å². The first-order valence-corrected chi connectivity index (χ1v) is 12.7. The highest BCUT2D eigenvalue weighted by molar-refractivity contribution is 6.10. The molecule has 5 rings (SSSR count). The van der Waals surface area contributed by atoms with Crippen molar-refractivity contribution in [2.24, 2.45) is 5.10 Å². The fourth-order valence-electron chi connectivity index (χ4n) is 4.31. The highest BCUT2D eigenvalue weighted by Gasteiger charge is 2.20. The van der Waals surface area contributed by atoms with E-state index in [0.29, 0.717) is 34.9 Å². The second-order valence-corrected chi connectivity index (χ2v) is 8.74. The third kappa shape index (κ3) is 5.71. The number of fused-ring (bicyclic) bond motifs is 1. The first kappa shape index (κ1) is 26.2. The summed E-state index contributed by atoms with van der Waals surface area (Å²) in [6.07, 6.45) is 1.43. The summed E-state index contributed by atoms with van der Waals surface area (Å²) in [5.41, 5.74) is 6.25. The summed E-state index contributed by atoms with van der Waals surface area (Å²) < 4.78 is 16.5. The SMILES string of the molecule is CCOc1ccc2[nH]c(C(=O)NN=Cc3ccccc3OC(=O)c3cccc(OC)c3)c(-c3ccccc3)c2c1. The van der Waals surface area contributed by atoms with Crippen LogP contribution in [0.4, 0.5) is 0 Å². The lowest BCUT2D eigenvalue weighted by atomic mass is 10.0. The van der Waals surface area contributed by atoms with Gasteiger partial charge < -0.3 is 19.2 Å². The molecule has 1 heterocycles. The molecule has 1 amide bonds. The third-order valence-corrected chi connectivity index (χ3v) is 6.17. The van der Waals surface area contributed by atoms with Crippen LogP contribution in [-0.2, 0) is 0 Å². The molecule has 0 bridgehead atoms. The van der Waals surface area contributed by atoms with E-state index in [2.05, 4.69) is 15.5 Å². The van der Waals surface area contributed by atoms with Gasteiger partial charge in [-0.1, -0.05) is 48.5 Å². The molecule has 0 aliphatic carbocycles. The standard InChI is InChI=1S/C32H27N3O5/c1-3-39-25-16-17-27-26(19-25)29(21-10-5-4-6-11-21)30(34-27)31(36)35-33-20-23-12-7-8-15-28(23)40-32(37)22-13-9-14-24(18-22)38-2/h4-20,34H,3H2,1-2H3,(H,35,36). The Morgan fingerprint density at radius 1 is 0.900 bits per heavy atom. The molecule has 8 heteroatoms. The van der Waals surface area contributed by atoms with Crippen LogP contribution in [0.2, 0.25) is 0 Å². The van der Waals surface area contributed by atoms with Crippen molar-refractivity contribution in [2.45, 2.75) is 6.92 Å². The van der Waals surface area contributed by atoms with Gasteiger partial charge in [0.05, 0.1) is 25.5 Å². The van der Waals surface area contributed by atoms with Crippen LogP contribution in [0, 0.1) is 0 Å². The number of carbonyl (C=O) groups is 2. The summed E-state index contributed by atoms with van der Waals surface area (Å²) >= 11 is 0. The summed E-state index contributed by atoms with van der Waals surface area (Å²) in [5.74, 6) is 0.604. The maximum absolute atomic E-state index is 13.3. The van der Waals surface area contributed by atoms with Crippen molar-refractivity contribution in [2.75, 3.05) is 13.7 Å². The van der Waals surface area contributed by atoms with Gasteiger partial charge in [0.25, 0.3) is 5.91 Å². The number of para-hydroxylation sites is 1. The second-order valence-electron chi connectivity index (χ2n) is 8.74. The summed E-state index contributed by atoms with van der Waals surface area (Å²) in [7, 11) is 1.53. The number of nitrogens with zero attached hydrogens (tertiary/aromatic N) is 1. The molecule has 0 spiro atoms. The fraction of sp³-hybridized carbons (Fsp3) is 0.0938. The Balaban J connectivity index is 1.39. The number of H-pyrrole nitrogens is 1. The highest BCUT2D eigenvalue weighted by atomic mass is 16.5. The second kappa shape index (κ2) is 12.0. The Morgan fingerprint density at radius 3 is 2.50 bits per heavy atom. The Labute approximate surface area is 231 Å². The number of rotatable bonds is 9. The maximum Gasteiger partial charge on any atom is 0.343 e. The van der Waals surface area contributed by atoms with Crippen molar-refractivity contribution < 1.29 is 23.8 Å². The molecule has 0 fully saturated rings. The van der Waals surface area contributed by atoms with Crippen LogP contribution in [-0.4, -0.2) is 36.8 Å². The number of ether oxygens (including phenoxy) is 3. The molecule has 40 heavy (non-hydrogen) atoms. The van der Waals surface area contributed by atoms with E-state index < -0.39 is 11.9 Å². The van der Waals surface area contributed by atoms with Crippen LogP contribution >= 0.6 is 0 Å². The number of nitrogens with one attached hydrogen (secondary N) is 2. The van der Waals surface area contributed by atoms with E-state index in [1.54, 1.807) is 48.5 Å². The largest absolute Gasteiger partial charge is 0.497 e. The van der Waals surface area contributed by atoms with E-state index in [9.17, 15) is 9.59 Å². The minimum atomic E-state index is -0.541. The molecule has 2 N–H and O–H groups in total. The predicted molar refractivity (Wildman–Crippen MR) is 154 cm³/mol. The quantitative estimate of drug-likeness (QED) is 0.101. The highest BCUT2D eigenvalue weighted by Crippen LogP contribution is 2.34. The third-order valence-electron chi connectivity index (χ3n) is 6.17. The molecule has 5 aromatic rings. The molecule has 0 radical (unpaired) electrons. The van der Waals surface area contributed by atoms with E-state index in [0.717, 1.165) is 27.8 Å². The molecule has 0 unspecified atom stereocenters. The molecular weight excluding hydrogens is 506 g/mol. The molecule has 4 aromatic carbocycles. The summed E-state index contributed by atoms with van der Waals surface area (Å²) in [6, 6.07) is 28.9. The lowest BCUT2D eigenvalue weighted by molar-refractivity contribution is 0.0733. The Kier molecular flexibility index (Phi) is 7.87. The number of hydrogen-bond donors (Lipinski definition) is 2. The number of carbonyl (C=O) groups excluding carboxylic acids is 2. The van der Waals surface area contributed by atoms with Crippen molar-refractivity contribution in [1.82, 2.24) is 10.4 Å². The van der Waals surface area contributed by atoms with Gasteiger partial charge in [-0.05, 0) is 61.0 Å². The minimum absolute atomic E-state index is 0.298. The fourth-order valence-corrected chi connectivity index (χ4v) is 4.31. The first-order chi connectivity index (χ1) is 19.6. The van der Waals surface area contributed by atoms with Gasteiger partial charge >= 0.3 is 5.97 Å². The van der Waals surface area contributed by atoms with Crippen molar-refractivity contribution in [1.29, 1.82) is 0 Å². The molecule has 0 aliphatic rings. The van der Waals surface area contributed by atoms with Crippen LogP contribution in [0.25, 0.3) is 22.0 Å². The van der Waals surface area contributed by atoms with E-state index in [1.165, 1.54) is 13.3 Å². The average molecular weight is 534 g/mol. The summed E-state index contributed by atoms with van der Waals surface area (Å²) in [6.45, 7) is 2.46. The summed E-state index contributed by atoms with van der Waals surface area (Å²) in [4.78, 5) is 29.3. The Bertz CT molecular complexity index is 1690. The molecule has 0 aliphatic heterocycles. The number of amides is 1. The zero-order valence-corrected chi connectivity index (χ0v) is 22.0. The predicted octanol–water partition coefficient (Wildman–Crippen LogP) is 6.23. The topological polar surface area (TPSA) is 102 Å². The first-order valence-electron chi connectivity index (χ1n) is 12.7. The Hall–Kier alpha value is -5.37. The Morgan fingerprint density at radius 2 is 1.70 bits per heavy atom. The van der Waals surface area contributed by atoms with Crippen molar-refractivity contribution in [3.63, 3.8) is 0 Å². The van der Waals surface area contributed by atoms with Gasteiger partial charge in [-0.25, -0.2) is 10.2 Å². The summed E-state index contributed by atoms with van der Waals surface area (Å²) in [5, 5.41) is 5.02. The van der Waals surface area contributed by atoms with Crippen molar-refractivity contribution in [3.8, 4) is 28.4 Å². The van der Waals surface area contributed by atoms with Gasteiger partial charge in [-0.15, -0.1) is 0 Å². The van der Waals surface area contributed by atoms with Crippen molar-refractivity contribution in [3.05, 3.63) is 114 Å². The molecule has 1 aromatic heterocycles. The number of hydrazone groups is 1. The van der Waals surface area contributed by atoms with Crippen LogP contribution in [0.5, 0.6) is 17.2 Å². The number of aromatic amines is 1. The van der Waals surface area contributed by atoms with Gasteiger partial charge in [0.2, 0.25) is 0 Å². The molecular formula is C32H27N3O5. The zero-order valence-electron chi connectivity index (χ0n) is 22.0. The van der Waals surface area contributed by atoms with Crippen molar-refractivity contribution >= 4 is 29.0 Å². The van der Waals surface area contributed by atoms with Gasteiger partial charge in [0.1, 0.15) is 22.9 Å². The lowest BCUT2D eigenvalue weighted by Crippen LogP contribution is -2.19. The monoisotopic (exact) mass is 533 g/mol. The molecule has 8 nitrogen and oxygen atoms in total. The normalized spacial score (nSPS) is 10.9. The van der Waals surface area contributed by atoms with Gasteiger partial charge in [0.15, 0.2) is 0 Å². The zero-order chi connectivity index (χ0) is 27.9. The number of methoxy groups -OCH3 is 1. The minimum Gasteiger partial charge on any atom is -0.497 e. The van der Waals surface area contributed by atoms with Gasteiger partial charge in [-0.3, -0.25) is 4.79 Å². The van der Waals surface area contributed by atoms with Crippen LogP contribution in [0.3, 0.4) is 0 Å². The number of hydrogen-bond acceptors (Lipinski definition) is 6. The van der Waals surface area contributed by atoms with E-state index in [-0.39, 0.29) is 0 Å². The van der Waals surface area contributed by atoms with Crippen LogP contribution < -0.4 is 19.6 Å². The molecule has 0 saturated heterocycles. The van der Waals surface area contributed by atoms with Crippen LogP contribution in [0.1, 0.15) is 33.3 Å². The van der Waals surface area contributed by atoms with E-state index in [1.807, 2.05) is 55.5 Å². The molecule has 0 saturated carbocycles. The van der Waals surface area contributed by atoms with E-state index >= 15 is 0 Å².